The summed E-state index contributed by atoms with van der Waals surface area (Å²) in [7, 11) is 4.05. The summed E-state index contributed by atoms with van der Waals surface area (Å²) in [6.45, 7) is 14.9. The average molecular weight is 898 g/mol. The zero-order valence-electron chi connectivity index (χ0n) is 27.7. The van der Waals surface area contributed by atoms with Gasteiger partial charge in [0.2, 0.25) is 0 Å². The Labute approximate surface area is 297 Å². The van der Waals surface area contributed by atoms with Crippen LogP contribution in [0.2, 0.25) is 0 Å². The van der Waals surface area contributed by atoms with Crippen molar-refractivity contribution in [2.45, 2.75) is 41.5 Å². The molecule has 0 aliphatic rings. The van der Waals surface area contributed by atoms with Crippen LogP contribution in [0.4, 0.5) is 0 Å². The van der Waals surface area contributed by atoms with Gasteiger partial charge in [-0.1, -0.05) is 24.3 Å². The zero-order chi connectivity index (χ0) is 34.4. The van der Waals surface area contributed by atoms with Gasteiger partial charge in [0, 0.05) is 74.8 Å². The van der Waals surface area contributed by atoms with Crippen LogP contribution in [0.25, 0.3) is 22.8 Å². The van der Waals surface area contributed by atoms with Crippen LogP contribution in [0, 0.1) is 0 Å². The fraction of sp³-hybridized carbons (Fsp3) is 0.375. The summed E-state index contributed by atoms with van der Waals surface area (Å²) in [4.78, 5) is 17.6. The second-order valence-corrected chi connectivity index (χ2v) is 17.8. The van der Waals surface area contributed by atoms with Crippen molar-refractivity contribution >= 4 is 47.3 Å². The Hall–Kier alpha value is -1.99. The monoisotopic (exact) mass is 898 g/mol. The molecule has 0 fully saturated rings. The first-order valence-electron chi connectivity index (χ1n) is 15.4. The molecule has 4 heterocycles. The molecule has 0 saturated heterocycles. The SMILES string of the molecule is CCO[Si](OCC)(OCC)c1ccc(-c2ccccn2)nc1.CCO[Si](OCC)(OCC)c1ccc(-c2ccccn2)nc1.[Cl][Os][Cl]. The van der Waals surface area contributed by atoms with Gasteiger partial charge >= 0.3 is 52.3 Å². The van der Waals surface area contributed by atoms with Gasteiger partial charge in [-0.2, -0.15) is 0 Å². The molecule has 0 spiro atoms. The minimum atomic E-state index is -2.88. The van der Waals surface area contributed by atoms with E-state index >= 15 is 0 Å². The van der Waals surface area contributed by atoms with Crippen LogP contribution in [0.5, 0.6) is 0 Å². The molecule has 0 saturated carbocycles. The van der Waals surface area contributed by atoms with Crippen LogP contribution >= 0.6 is 19.3 Å². The molecular formula is C32H44Cl2N4O6OsSi2. The van der Waals surface area contributed by atoms with E-state index in [0.29, 0.717) is 39.6 Å². The predicted octanol–water partition coefficient (Wildman–Crippen LogP) is 6.17. The molecule has 47 heavy (non-hydrogen) atoms. The van der Waals surface area contributed by atoms with E-state index in [0.717, 1.165) is 33.1 Å². The summed E-state index contributed by atoms with van der Waals surface area (Å²) in [5.74, 6) is 0. The third-order valence-corrected chi connectivity index (χ3v) is 12.1. The molecule has 0 unspecified atom stereocenters. The quantitative estimate of drug-likeness (QED) is 0.121. The number of nitrogens with zero attached hydrogens (tertiary/aromatic N) is 4. The van der Waals surface area contributed by atoms with Crippen molar-refractivity contribution < 1.29 is 42.0 Å². The Balaban J connectivity index is 0.000000302. The summed E-state index contributed by atoms with van der Waals surface area (Å²) in [5.41, 5.74) is 3.31. The zero-order valence-corrected chi connectivity index (χ0v) is 33.7. The Bertz CT molecular complexity index is 1230. The molecule has 0 aliphatic carbocycles. The van der Waals surface area contributed by atoms with Gasteiger partial charge < -0.3 is 26.6 Å². The topological polar surface area (TPSA) is 107 Å². The molecule has 4 rings (SSSR count). The van der Waals surface area contributed by atoms with Gasteiger partial charge in [-0.25, -0.2) is 0 Å². The maximum atomic E-state index is 5.88. The molecule has 10 nitrogen and oxygen atoms in total. The second kappa shape index (κ2) is 23.4. The van der Waals surface area contributed by atoms with E-state index in [9.17, 15) is 0 Å². The van der Waals surface area contributed by atoms with Crippen LogP contribution in [-0.2, 0) is 42.0 Å². The van der Waals surface area contributed by atoms with E-state index in [4.69, 9.17) is 45.8 Å². The number of pyridine rings is 4. The van der Waals surface area contributed by atoms with Gasteiger partial charge in [0.25, 0.3) is 0 Å². The van der Waals surface area contributed by atoms with Crippen molar-refractivity contribution in [1.29, 1.82) is 0 Å². The Morgan fingerprint density at radius 2 is 0.766 bits per heavy atom. The molecule has 0 bridgehead atoms. The Morgan fingerprint density at radius 3 is 0.979 bits per heavy atom. The van der Waals surface area contributed by atoms with Crippen molar-refractivity contribution in [3.8, 4) is 22.8 Å². The van der Waals surface area contributed by atoms with Crippen molar-refractivity contribution in [1.82, 2.24) is 19.9 Å². The number of hydrogen-bond acceptors (Lipinski definition) is 10. The molecule has 4 aromatic heterocycles. The van der Waals surface area contributed by atoms with E-state index in [-0.39, 0.29) is 0 Å². The number of halogens is 2. The molecule has 15 heteroatoms. The molecule has 0 aromatic carbocycles. The van der Waals surface area contributed by atoms with Gasteiger partial charge in [0.05, 0.1) is 22.8 Å². The Kier molecular flexibility index (Phi) is 20.5. The number of aromatic nitrogens is 4. The molecule has 0 amide bonds. The average Bonchev–Trinajstić information content (AvgIpc) is 3.10. The first-order chi connectivity index (χ1) is 22.9. The maximum absolute atomic E-state index is 5.88. The van der Waals surface area contributed by atoms with Gasteiger partial charge in [0.1, 0.15) is 0 Å². The second-order valence-electron chi connectivity index (χ2n) is 9.06. The van der Waals surface area contributed by atoms with Crippen LogP contribution < -0.4 is 10.4 Å². The van der Waals surface area contributed by atoms with Gasteiger partial charge in [-0.05, 0) is 77.9 Å². The van der Waals surface area contributed by atoms with Crippen LogP contribution in [0.15, 0.2) is 85.5 Å². The summed E-state index contributed by atoms with van der Waals surface area (Å²) in [6.07, 6.45) is 7.06. The third kappa shape index (κ3) is 12.8. The van der Waals surface area contributed by atoms with E-state index in [2.05, 4.69) is 19.9 Å². The van der Waals surface area contributed by atoms with Crippen molar-refractivity contribution in [3.63, 3.8) is 0 Å². The first-order valence-corrected chi connectivity index (χ1v) is 25.1. The first kappa shape index (κ1) is 41.2. The normalized spacial score (nSPS) is 11.3. The fourth-order valence-corrected chi connectivity index (χ4v) is 9.17. The van der Waals surface area contributed by atoms with Crippen molar-refractivity contribution in [2.75, 3.05) is 39.6 Å². The molecule has 0 aliphatic heterocycles. The number of rotatable bonds is 16. The van der Waals surface area contributed by atoms with Gasteiger partial charge in [0.15, 0.2) is 0 Å². The Morgan fingerprint density at radius 1 is 0.468 bits per heavy atom. The third-order valence-electron chi connectivity index (χ3n) is 6.09. The van der Waals surface area contributed by atoms with Crippen LogP contribution in [-0.4, -0.2) is 77.2 Å². The predicted molar refractivity (Wildman–Crippen MR) is 187 cm³/mol. The summed E-state index contributed by atoms with van der Waals surface area (Å²) >= 11 is -0.639. The van der Waals surface area contributed by atoms with E-state index in [1.807, 2.05) is 102 Å². The molecule has 0 N–H and O–H groups in total. The van der Waals surface area contributed by atoms with E-state index in [1.165, 1.54) is 0 Å². The molecular weight excluding hydrogens is 854 g/mol. The minimum absolute atomic E-state index is 0.536. The van der Waals surface area contributed by atoms with Crippen molar-refractivity contribution in [3.05, 3.63) is 85.5 Å². The van der Waals surface area contributed by atoms with Gasteiger partial charge in [-0.15, -0.1) is 0 Å². The fourth-order valence-electron chi connectivity index (χ4n) is 4.37. The molecule has 0 radical (unpaired) electrons. The molecule has 0 atom stereocenters. The molecule has 4 aromatic rings. The summed E-state index contributed by atoms with van der Waals surface area (Å²) in [6, 6.07) is 19.3. The van der Waals surface area contributed by atoms with E-state index in [1.54, 1.807) is 24.8 Å². The standard InChI is InChI=1S/2C16H22N2O3Si.2ClH.Os/c2*1-4-19-22(20-5-2,21-6-3)14-10-11-16(18-13-14)15-9-7-8-12-17-15;;;/h2*7-13H,4-6H2,1-3H3;2*1H;/q;;;;+2/p-2. The summed E-state index contributed by atoms with van der Waals surface area (Å²) in [5, 5.41) is 1.75. The van der Waals surface area contributed by atoms with Crippen molar-refractivity contribution in [2.24, 2.45) is 0 Å². The number of hydrogen-bond donors (Lipinski definition) is 0. The van der Waals surface area contributed by atoms with Gasteiger partial charge in [-0.3, -0.25) is 19.9 Å². The summed E-state index contributed by atoms with van der Waals surface area (Å²) < 4.78 is 35.3. The van der Waals surface area contributed by atoms with Crippen LogP contribution in [0.3, 0.4) is 0 Å². The van der Waals surface area contributed by atoms with E-state index < -0.39 is 33.0 Å². The van der Waals surface area contributed by atoms with Crippen LogP contribution in [0.1, 0.15) is 41.5 Å². The molecule has 258 valence electrons.